The van der Waals surface area contributed by atoms with Crippen LogP contribution in [-0.2, 0) is 7.05 Å². The van der Waals surface area contributed by atoms with E-state index in [1.807, 2.05) is 31.8 Å². The molecule has 1 saturated carbocycles. The van der Waals surface area contributed by atoms with Crippen LogP contribution in [0, 0.1) is 23.2 Å². The summed E-state index contributed by atoms with van der Waals surface area (Å²) in [5.74, 6) is 2.21. The lowest BCUT2D eigenvalue weighted by Gasteiger charge is -2.20. The Morgan fingerprint density at radius 1 is 1.03 bits per heavy atom. The van der Waals surface area contributed by atoms with Gasteiger partial charge in [0, 0.05) is 67.0 Å². The van der Waals surface area contributed by atoms with Crippen LogP contribution in [0.25, 0.3) is 27.8 Å². The summed E-state index contributed by atoms with van der Waals surface area (Å²) in [6.45, 7) is 1.97. The summed E-state index contributed by atoms with van der Waals surface area (Å²) in [7, 11) is 1.89. The molecule has 0 amide bonds. The number of piperidine rings is 1. The number of aryl methyl sites for hydroxylation is 1. The summed E-state index contributed by atoms with van der Waals surface area (Å²) in [5, 5.41) is 18.2. The zero-order valence-corrected chi connectivity index (χ0v) is 16.5. The second-order valence-corrected chi connectivity index (χ2v) is 8.22. The van der Waals surface area contributed by atoms with Crippen molar-refractivity contribution in [2.75, 3.05) is 18.0 Å². The Hall–Kier alpha value is -3.70. The number of nitrogens with zero attached hydrogens (tertiary/aromatic N) is 7. The van der Waals surface area contributed by atoms with Crippen LogP contribution in [-0.4, -0.2) is 43.5 Å². The van der Waals surface area contributed by atoms with E-state index in [1.54, 1.807) is 15.4 Å². The molecule has 0 spiro atoms. The lowest BCUT2D eigenvalue weighted by molar-refractivity contribution is 0.735. The number of pyridine rings is 2. The topological polar surface area (TPSA) is 101 Å². The molecule has 5 heterocycles. The minimum absolute atomic E-state index is 0.371. The second kappa shape index (κ2) is 6.15. The third-order valence-corrected chi connectivity index (χ3v) is 6.41. The largest absolute Gasteiger partial charge is 0.356 e. The van der Waals surface area contributed by atoms with Gasteiger partial charge in [0.15, 0.2) is 0 Å². The van der Waals surface area contributed by atoms with Crippen molar-refractivity contribution in [2.45, 2.75) is 6.04 Å². The average molecular weight is 396 g/mol. The molecule has 1 aliphatic carbocycles. The summed E-state index contributed by atoms with van der Waals surface area (Å²) in [4.78, 5) is 7.04. The van der Waals surface area contributed by atoms with Crippen molar-refractivity contribution in [1.29, 1.82) is 5.26 Å². The third-order valence-electron chi connectivity index (χ3n) is 6.41. The Kier molecular flexibility index (Phi) is 3.52. The van der Waals surface area contributed by atoms with E-state index >= 15 is 0 Å². The summed E-state index contributed by atoms with van der Waals surface area (Å²) >= 11 is 0. The SMILES string of the molecule is Cn1cc(-c2cc(-c3ccc(N4C[C@@H]5[C@H](N)[C@@H]5C4)nc3)c3c(C#N)cnn3c2)cn1. The molecule has 4 aromatic heterocycles. The van der Waals surface area contributed by atoms with Gasteiger partial charge in [-0.2, -0.15) is 15.5 Å². The zero-order valence-electron chi connectivity index (χ0n) is 16.5. The number of anilines is 1. The molecule has 0 radical (unpaired) electrons. The quantitative estimate of drug-likeness (QED) is 0.569. The van der Waals surface area contributed by atoms with E-state index in [2.05, 4.69) is 39.4 Å². The van der Waals surface area contributed by atoms with Gasteiger partial charge >= 0.3 is 0 Å². The second-order valence-electron chi connectivity index (χ2n) is 8.22. The summed E-state index contributed by atoms with van der Waals surface area (Å²) in [5.41, 5.74) is 11.2. The van der Waals surface area contributed by atoms with Crippen molar-refractivity contribution in [3.63, 3.8) is 0 Å². The Bertz CT molecular complexity index is 1300. The molecule has 8 nitrogen and oxygen atoms in total. The van der Waals surface area contributed by atoms with Crippen LogP contribution >= 0.6 is 0 Å². The van der Waals surface area contributed by atoms with E-state index in [4.69, 9.17) is 10.7 Å². The van der Waals surface area contributed by atoms with Crippen LogP contribution in [0.15, 0.2) is 49.2 Å². The van der Waals surface area contributed by atoms with Crippen LogP contribution in [0.2, 0.25) is 0 Å². The van der Waals surface area contributed by atoms with Crippen LogP contribution in [0.4, 0.5) is 5.82 Å². The highest BCUT2D eigenvalue weighted by molar-refractivity contribution is 5.87. The van der Waals surface area contributed by atoms with Crippen LogP contribution < -0.4 is 10.6 Å². The molecule has 2 N–H and O–H groups in total. The predicted octanol–water partition coefficient (Wildman–Crippen LogP) is 2.06. The fourth-order valence-electron chi connectivity index (χ4n) is 4.64. The third kappa shape index (κ3) is 2.52. The standard InChI is InChI=1S/C22H20N8/c1-28-9-16(8-26-28)14-4-17(22-15(5-23)7-27-30(22)10-14)13-2-3-20(25-6-13)29-11-18-19(12-29)21(18)24/h2-4,6-10,18-19,21H,11-12,24H2,1H3/t18-,19+,21-. The molecule has 4 aromatic rings. The van der Waals surface area contributed by atoms with Gasteiger partial charge in [0.2, 0.25) is 0 Å². The highest BCUT2D eigenvalue weighted by Gasteiger charge is 2.53. The zero-order chi connectivity index (χ0) is 20.4. The fourth-order valence-corrected chi connectivity index (χ4v) is 4.64. The highest BCUT2D eigenvalue weighted by Crippen LogP contribution is 2.45. The predicted molar refractivity (Wildman–Crippen MR) is 113 cm³/mol. The minimum atomic E-state index is 0.371. The van der Waals surface area contributed by atoms with Crippen molar-refractivity contribution in [3.8, 4) is 28.3 Å². The van der Waals surface area contributed by atoms with E-state index in [9.17, 15) is 5.26 Å². The number of hydrogen-bond acceptors (Lipinski definition) is 6. The van der Waals surface area contributed by atoms with Gasteiger partial charge in [0.1, 0.15) is 11.9 Å². The number of fused-ring (bicyclic) bond motifs is 2. The maximum atomic E-state index is 9.57. The van der Waals surface area contributed by atoms with Gasteiger partial charge in [0.05, 0.1) is 23.5 Å². The first kappa shape index (κ1) is 17.2. The Morgan fingerprint density at radius 2 is 1.87 bits per heavy atom. The van der Waals surface area contributed by atoms with Gasteiger partial charge in [-0.25, -0.2) is 9.50 Å². The summed E-state index contributed by atoms with van der Waals surface area (Å²) in [6, 6.07) is 8.83. The number of nitriles is 1. The van der Waals surface area contributed by atoms with Crippen molar-refractivity contribution < 1.29 is 0 Å². The van der Waals surface area contributed by atoms with E-state index in [0.29, 0.717) is 23.4 Å². The molecular weight excluding hydrogens is 376 g/mol. The summed E-state index contributed by atoms with van der Waals surface area (Å²) in [6.07, 6.45) is 9.20. The molecule has 148 valence electrons. The monoisotopic (exact) mass is 396 g/mol. The van der Waals surface area contributed by atoms with Gasteiger partial charge < -0.3 is 10.6 Å². The van der Waals surface area contributed by atoms with Gasteiger partial charge in [0.25, 0.3) is 0 Å². The molecule has 1 aliphatic heterocycles. The van der Waals surface area contributed by atoms with Gasteiger partial charge in [-0.15, -0.1) is 0 Å². The summed E-state index contributed by atoms with van der Waals surface area (Å²) < 4.78 is 3.53. The van der Waals surface area contributed by atoms with Crippen LogP contribution in [0.5, 0.6) is 0 Å². The van der Waals surface area contributed by atoms with Crippen molar-refractivity contribution in [2.24, 2.45) is 24.6 Å². The Morgan fingerprint density at radius 3 is 2.53 bits per heavy atom. The van der Waals surface area contributed by atoms with E-state index in [-0.39, 0.29) is 0 Å². The number of rotatable bonds is 3. The molecule has 3 atom stereocenters. The average Bonchev–Trinajstić information content (AvgIpc) is 3.26. The molecule has 0 bridgehead atoms. The Balaban J connectivity index is 1.43. The van der Waals surface area contributed by atoms with Crippen LogP contribution in [0.3, 0.4) is 0 Å². The first-order valence-corrected chi connectivity index (χ1v) is 10.00. The molecule has 30 heavy (non-hydrogen) atoms. The number of nitrogens with two attached hydrogens (primary N) is 1. The molecule has 0 aromatic carbocycles. The number of hydrogen-bond donors (Lipinski definition) is 1. The van der Waals surface area contributed by atoms with E-state index in [0.717, 1.165) is 46.7 Å². The smallest absolute Gasteiger partial charge is 0.128 e. The molecule has 2 aliphatic rings. The van der Waals surface area contributed by atoms with Crippen LogP contribution in [0.1, 0.15) is 5.56 Å². The molecular formula is C22H20N8. The molecule has 2 fully saturated rings. The maximum Gasteiger partial charge on any atom is 0.128 e. The first-order valence-electron chi connectivity index (χ1n) is 10.00. The molecule has 6 rings (SSSR count). The van der Waals surface area contributed by atoms with E-state index < -0.39 is 0 Å². The Labute approximate surface area is 173 Å². The van der Waals surface area contributed by atoms with Crippen molar-refractivity contribution in [3.05, 3.63) is 54.7 Å². The maximum absolute atomic E-state index is 9.57. The molecule has 0 unspecified atom stereocenters. The fraction of sp³-hybridized carbons (Fsp3) is 0.273. The van der Waals surface area contributed by atoms with Gasteiger partial charge in [-0.1, -0.05) is 0 Å². The van der Waals surface area contributed by atoms with Crippen molar-refractivity contribution >= 4 is 11.3 Å². The first-order chi connectivity index (χ1) is 14.6. The minimum Gasteiger partial charge on any atom is -0.356 e. The lowest BCUT2D eigenvalue weighted by atomic mass is 10.0. The van der Waals surface area contributed by atoms with Crippen molar-refractivity contribution in [1.82, 2.24) is 24.4 Å². The highest BCUT2D eigenvalue weighted by atomic mass is 15.2. The number of aromatic nitrogens is 5. The van der Waals surface area contributed by atoms with Gasteiger partial charge in [-0.05, 0) is 30.0 Å². The van der Waals surface area contributed by atoms with E-state index in [1.165, 1.54) is 0 Å². The molecule has 1 saturated heterocycles. The van der Waals surface area contributed by atoms with Gasteiger partial charge in [-0.3, -0.25) is 4.68 Å². The molecule has 8 heteroatoms. The lowest BCUT2D eigenvalue weighted by Crippen LogP contribution is -2.28. The normalized spacial score (nSPS) is 22.3.